The molecule has 1 saturated heterocycles. The molecule has 0 radical (unpaired) electrons. The Hall–Kier alpha value is -2.60. The Labute approximate surface area is 143 Å². The van der Waals surface area contributed by atoms with Gasteiger partial charge in [0.15, 0.2) is 0 Å². The van der Waals surface area contributed by atoms with Gasteiger partial charge in [-0.1, -0.05) is 54.2 Å². The zero-order chi connectivity index (χ0) is 16.9. The van der Waals surface area contributed by atoms with Crippen LogP contribution in [-0.4, -0.2) is 22.8 Å². The highest BCUT2D eigenvalue weighted by Crippen LogP contribution is 2.25. The van der Waals surface area contributed by atoms with E-state index in [4.69, 9.17) is 0 Å². The topological polar surface area (TPSA) is 75.3 Å². The van der Waals surface area contributed by atoms with Gasteiger partial charge in [-0.15, -0.1) is 0 Å². The molecule has 3 rings (SSSR count). The standard InChI is InChI=1S/C18H16N2O3S/c21-11-19-10-13-2-1-3-15(8-13)14-6-4-12(5-7-14)9-16-17(22)20-18(23)24-16/h1-8,11,16H,9-10H2,(H,19,21)(H,20,22,23). The monoisotopic (exact) mass is 340 g/mol. The van der Waals surface area contributed by atoms with Gasteiger partial charge in [0.1, 0.15) is 0 Å². The first-order valence-corrected chi connectivity index (χ1v) is 8.40. The first-order chi connectivity index (χ1) is 11.7. The molecule has 1 unspecified atom stereocenters. The number of hydrogen-bond donors (Lipinski definition) is 2. The van der Waals surface area contributed by atoms with Crippen molar-refractivity contribution >= 4 is 29.3 Å². The highest BCUT2D eigenvalue weighted by atomic mass is 32.2. The van der Waals surface area contributed by atoms with Gasteiger partial charge in [0.05, 0.1) is 5.25 Å². The molecule has 2 aromatic carbocycles. The first-order valence-electron chi connectivity index (χ1n) is 7.52. The number of amides is 3. The Balaban J connectivity index is 1.71. The number of imide groups is 1. The Morgan fingerprint density at radius 2 is 1.83 bits per heavy atom. The van der Waals surface area contributed by atoms with Crippen LogP contribution in [0.1, 0.15) is 11.1 Å². The fourth-order valence-corrected chi connectivity index (χ4v) is 3.46. The number of nitrogens with one attached hydrogen (secondary N) is 2. The van der Waals surface area contributed by atoms with Gasteiger partial charge in [-0.2, -0.15) is 0 Å². The molecule has 5 nitrogen and oxygen atoms in total. The van der Waals surface area contributed by atoms with E-state index >= 15 is 0 Å². The first kappa shape index (κ1) is 16.3. The molecule has 1 aliphatic rings. The molecule has 1 fully saturated rings. The fraction of sp³-hybridized carbons (Fsp3) is 0.167. The van der Waals surface area contributed by atoms with E-state index in [-0.39, 0.29) is 16.4 Å². The average Bonchev–Trinajstić information content (AvgIpc) is 2.91. The van der Waals surface area contributed by atoms with Crippen molar-refractivity contribution in [3.63, 3.8) is 0 Å². The summed E-state index contributed by atoms with van der Waals surface area (Å²) in [6.07, 6.45) is 1.22. The quantitative estimate of drug-likeness (QED) is 0.792. The van der Waals surface area contributed by atoms with Crippen molar-refractivity contribution in [1.82, 2.24) is 10.6 Å². The lowest BCUT2D eigenvalue weighted by Gasteiger charge is -2.08. The van der Waals surface area contributed by atoms with Gasteiger partial charge in [0.25, 0.3) is 5.24 Å². The molecule has 3 amide bonds. The zero-order valence-corrected chi connectivity index (χ0v) is 13.6. The maximum atomic E-state index is 11.6. The van der Waals surface area contributed by atoms with E-state index in [2.05, 4.69) is 10.6 Å². The number of benzene rings is 2. The van der Waals surface area contributed by atoms with Gasteiger partial charge < -0.3 is 5.32 Å². The lowest BCUT2D eigenvalue weighted by atomic mass is 10.0. The molecule has 0 aliphatic carbocycles. The Morgan fingerprint density at radius 3 is 2.50 bits per heavy atom. The molecule has 122 valence electrons. The maximum absolute atomic E-state index is 11.6. The third-order valence-electron chi connectivity index (χ3n) is 3.79. The van der Waals surface area contributed by atoms with E-state index in [1.807, 2.05) is 48.5 Å². The van der Waals surface area contributed by atoms with Crippen LogP contribution in [-0.2, 0) is 22.6 Å². The van der Waals surface area contributed by atoms with E-state index in [1.165, 1.54) is 0 Å². The third kappa shape index (κ3) is 3.83. The van der Waals surface area contributed by atoms with Crippen LogP contribution in [0.15, 0.2) is 48.5 Å². The second-order valence-electron chi connectivity index (χ2n) is 5.48. The second kappa shape index (κ2) is 7.31. The highest BCUT2D eigenvalue weighted by Gasteiger charge is 2.31. The second-order valence-corrected chi connectivity index (χ2v) is 6.66. The normalized spacial score (nSPS) is 16.8. The SMILES string of the molecule is O=CNCc1cccc(-c2ccc(CC3SC(=O)NC3=O)cc2)c1. The lowest BCUT2D eigenvalue weighted by molar-refractivity contribution is -0.119. The molecule has 6 heteroatoms. The fourth-order valence-electron chi connectivity index (χ4n) is 2.60. The summed E-state index contributed by atoms with van der Waals surface area (Å²) in [4.78, 5) is 33.2. The molecule has 1 heterocycles. The van der Waals surface area contributed by atoms with Crippen LogP contribution >= 0.6 is 11.8 Å². The van der Waals surface area contributed by atoms with Crippen molar-refractivity contribution in [2.24, 2.45) is 0 Å². The van der Waals surface area contributed by atoms with Crippen LogP contribution in [0.25, 0.3) is 11.1 Å². The molecule has 24 heavy (non-hydrogen) atoms. The van der Waals surface area contributed by atoms with Crippen molar-refractivity contribution in [2.75, 3.05) is 0 Å². The molecular weight excluding hydrogens is 324 g/mol. The molecule has 1 atom stereocenters. The van der Waals surface area contributed by atoms with E-state index < -0.39 is 0 Å². The molecular formula is C18H16N2O3S. The summed E-state index contributed by atoms with van der Waals surface area (Å²) in [5.74, 6) is -0.218. The molecule has 2 N–H and O–H groups in total. The van der Waals surface area contributed by atoms with Crippen LogP contribution in [0.5, 0.6) is 0 Å². The summed E-state index contributed by atoms with van der Waals surface area (Å²) in [7, 11) is 0. The molecule has 0 aromatic heterocycles. The van der Waals surface area contributed by atoms with Gasteiger partial charge >= 0.3 is 0 Å². The number of rotatable bonds is 6. The lowest BCUT2D eigenvalue weighted by Crippen LogP contribution is -2.25. The molecule has 0 spiro atoms. The van der Waals surface area contributed by atoms with Gasteiger partial charge in [0.2, 0.25) is 12.3 Å². The van der Waals surface area contributed by atoms with Crippen LogP contribution in [0.3, 0.4) is 0 Å². The minimum atomic E-state index is -0.346. The molecule has 0 saturated carbocycles. The van der Waals surface area contributed by atoms with Crippen molar-refractivity contribution in [3.8, 4) is 11.1 Å². The summed E-state index contributed by atoms with van der Waals surface area (Å²) in [5, 5.41) is 4.33. The number of carbonyl (C=O) groups excluding carboxylic acids is 3. The van der Waals surface area contributed by atoms with E-state index in [9.17, 15) is 14.4 Å². The van der Waals surface area contributed by atoms with Crippen molar-refractivity contribution in [3.05, 3.63) is 59.7 Å². The van der Waals surface area contributed by atoms with Crippen LogP contribution in [0, 0.1) is 0 Å². The van der Waals surface area contributed by atoms with E-state index in [0.717, 1.165) is 34.0 Å². The highest BCUT2D eigenvalue weighted by molar-refractivity contribution is 8.15. The van der Waals surface area contributed by atoms with Crippen molar-refractivity contribution in [1.29, 1.82) is 0 Å². The van der Waals surface area contributed by atoms with Gasteiger partial charge in [-0.05, 0) is 34.7 Å². The number of carbonyl (C=O) groups is 3. The minimum Gasteiger partial charge on any atom is -0.355 e. The third-order valence-corrected chi connectivity index (χ3v) is 4.77. The van der Waals surface area contributed by atoms with Gasteiger partial charge in [-0.25, -0.2) is 0 Å². The van der Waals surface area contributed by atoms with Crippen molar-refractivity contribution in [2.45, 2.75) is 18.2 Å². The van der Waals surface area contributed by atoms with Crippen LogP contribution in [0.2, 0.25) is 0 Å². The van der Waals surface area contributed by atoms with Crippen LogP contribution in [0.4, 0.5) is 4.79 Å². The molecule has 1 aliphatic heterocycles. The summed E-state index contributed by atoms with van der Waals surface area (Å²) in [6.45, 7) is 0.497. The minimum absolute atomic E-state index is 0.218. The smallest absolute Gasteiger partial charge is 0.286 e. The van der Waals surface area contributed by atoms with Crippen LogP contribution < -0.4 is 10.6 Å². The molecule has 2 aromatic rings. The Morgan fingerprint density at radius 1 is 1.04 bits per heavy atom. The van der Waals surface area contributed by atoms with Gasteiger partial charge in [-0.3, -0.25) is 19.7 Å². The van der Waals surface area contributed by atoms with Crippen molar-refractivity contribution < 1.29 is 14.4 Å². The van der Waals surface area contributed by atoms with Gasteiger partial charge in [0, 0.05) is 6.54 Å². The Kier molecular flexibility index (Phi) is 4.96. The summed E-state index contributed by atoms with van der Waals surface area (Å²) in [5.41, 5.74) is 4.17. The predicted molar refractivity (Wildman–Crippen MR) is 93.4 cm³/mol. The summed E-state index contributed by atoms with van der Waals surface area (Å²) in [6, 6.07) is 15.9. The van der Waals surface area contributed by atoms with E-state index in [0.29, 0.717) is 19.4 Å². The number of hydrogen-bond acceptors (Lipinski definition) is 4. The molecule has 0 bridgehead atoms. The average molecular weight is 340 g/mol. The Bertz CT molecular complexity index is 774. The van der Waals surface area contributed by atoms with E-state index in [1.54, 1.807) is 0 Å². The number of thioether (sulfide) groups is 1. The largest absolute Gasteiger partial charge is 0.355 e. The summed E-state index contributed by atoms with van der Waals surface area (Å²) >= 11 is 1.04. The summed E-state index contributed by atoms with van der Waals surface area (Å²) < 4.78 is 0. The zero-order valence-electron chi connectivity index (χ0n) is 12.8. The maximum Gasteiger partial charge on any atom is 0.286 e. The predicted octanol–water partition coefficient (Wildman–Crippen LogP) is 2.49.